The first-order chi connectivity index (χ1) is 12.8. The summed E-state index contributed by atoms with van der Waals surface area (Å²) in [5.41, 5.74) is 1.46. The van der Waals surface area contributed by atoms with Gasteiger partial charge in [0.15, 0.2) is 0 Å². The lowest BCUT2D eigenvalue weighted by Crippen LogP contribution is -2.35. The van der Waals surface area contributed by atoms with E-state index in [1.165, 1.54) is 6.07 Å². The Balaban J connectivity index is 1.95. The lowest BCUT2D eigenvalue weighted by atomic mass is 9.98. The van der Waals surface area contributed by atoms with Crippen molar-refractivity contribution in [2.24, 2.45) is 10.9 Å². The third kappa shape index (κ3) is 4.00. The van der Waals surface area contributed by atoms with E-state index in [0.717, 1.165) is 5.56 Å². The minimum absolute atomic E-state index is 0.0837. The zero-order valence-corrected chi connectivity index (χ0v) is 16.2. The van der Waals surface area contributed by atoms with E-state index >= 15 is 0 Å². The normalized spacial score (nSPS) is 18.4. The number of carbonyl (C=O) groups is 1. The van der Waals surface area contributed by atoms with Gasteiger partial charge < -0.3 is 5.32 Å². The average molecular weight is 386 g/mol. The zero-order valence-electron chi connectivity index (χ0n) is 15.4. The monoisotopic (exact) mass is 386 g/mol. The van der Waals surface area contributed by atoms with Crippen LogP contribution in [0, 0.1) is 12.8 Å². The molecule has 1 aromatic carbocycles. The van der Waals surface area contributed by atoms with E-state index in [2.05, 4.69) is 20.0 Å². The largest absolute Gasteiger partial charge is 0.309 e. The standard InChI is InChI=1S/C19H22N4O3S/c1-4-13(3)17(19(24)21-16-11-12(2)9-10-20-16)22-18-14-7-5-6-8-15(14)27(25,26)23-18/h5-11,13,17H,4H2,1-3H3,(H,22,23)(H,20,21,24)/t13-,17-/m0/s1. The number of aryl methyl sites for hydroxylation is 1. The molecular formula is C19H22N4O3S. The Morgan fingerprint density at radius 2 is 2.04 bits per heavy atom. The van der Waals surface area contributed by atoms with Crippen molar-refractivity contribution in [3.05, 3.63) is 53.7 Å². The lowest BCUT2D eigenvalue weighted by Gasteiger charge is -2.19. The molecule has 0 fully saturated rings. The molecular weight excluding hydrogens is 364 g/mol. The van der Waals surface area contributed by atoms with Crippen LogP contribution in [0.2, 0.25) is 0 Å². The van der Waals surface area contributed by atoms with Crippen LogP contribution >= 0.6 is 0 Å². The Morgan fingerprint density at radius 3 is 2.74 bits per heavy atom. The molecule has 27 heavy (non-hydrogen) atoms. The molecule has 0 saturated carbocycles. The molecule has 8 heteroatoms. The predicted molar refractivity (Wildman–Crippen MR) is 104 cm³/mol. The number of hydrogen-bond donors (Lipinski definition) is 2. The second kappa shape index (κ2) is 7.48. The maximum atomic E-state index is 12.8. The molecule has 3 rings (SSSR count). The first-order valence-electron chi connectivity index (χ1n) is 8.75. The number of rotatable bonds is 5. The van der Waals surface area contributed by atoms with Crippen LogP contribution in [0.15, 0.2) is 52.5 Å². The van der Waals surface area contributed by atoms with Crippen molar-refractivity contribution in [1.29, 1.82) is 0 Å². The van der Waals surface area contributed by atoms with Crippen LogP contribution in [0.3, 0.4) is 0 Å². The number of nitrogens with one attached hydrogen (secondary N) is 2. The Labute approximate surface area is 159 Å². The number of nitrogens with zero attached hydrogens (tertiary/aromatic N) is 2. The number of benzene rings is 1. The number of carbonyl (C=O) groups excluding carboxylic acids is 1. The third-order valence-electron chi connectivity index (χ3n) is 4.55. The number of pyridine rings is 1. The van der Waals surface area contributed by atoms with Crippen LogP contribution < -0.4 is 10.0 Å². The maximum absolute atomic E-state index is 12.8. The zero-order chi connectivity index (χ0) is 19.6. The SMILES string of the molecule is CC[C@H](C)[C@H](N=C1NS(=O)(=O)c2ccccc21)C(=O)Nc1cc(C)ccn1. The van der Waals surface area contributed by atoms with E-state index in [-0.39, 0.29) is 22.6 Å². The molecule has 2 heterocycles. The molecule has 0 aliphatic carbocycles. The first kappa shape index (κ1) is 19.0. The summed E-state index contributed by atoms with van der Waals surface area (Å²) in [6, 6.07) is 9.46. The Morgan fingerprint density at radius 1 is 1.30 bits per heavy atom. The van der Waals surface area contributed by atoms with E-state index in [4.69, 9.17) is 0 Å². The number of sulfonamides is 1. The highest BCUT2D eigenvalue weighted by Crippen LogP contribution is 2.24. The number of amides is 1. The fraction of sp³-hybridized carbons (Fsp3) is 0.316. The van der Waals surface area contributed by atoms with Crippen LogP contribution in [-0.4, -0.2) is 31.2 Å². The molecule has 1 aliphatic heterocycles. The summed E-state index contributed by atoms with van der Waals surface area (Å²) in [6.07, 6.45) is 2.33. The first-order valence-corrected chi connectivity index (χ1v) is 10.2. The molecule has 0 spiro atoms. The van der Waals surface area contributed by atoms with Gasteiger partial charge in [0.05, 0.1) is 4.90 Å². The van der Waals surface area contributed by atoms with Crippen LogP contribution in [0.1, 0.15) is 31.4 Å². The summed E-state index contributed by atoms with van der Waals surface area (Å²) < 4.78 is 27.0. The Kier molecular flexibility index (Phi) is 5.27. The predicted octanol–water partition coefficient (Wildman–Crippen LogP) is 2.48. The van der Waals surface area contributed by atoms with E-state index < -0.39 is 16.1 Å². The number of hydrogen-bond acceptors (Lipinski definition) is 5. The highest BCUT2D eigenvalue weighted by atomic mass is 32.2. The molecule has 0 saturated heterocycles. The average Bonchev–Trinajstić information content (AvgIpc) is 2.90. The van der Waals surface area contributed by atoms with Gasteiger partial charge in [0.2, 0.25) is 0 Å². The molecule has 0 unspecified atom stereocenters. The second-order valence-corrected chi connectivity index (χ2v) is 8.27. The van der Waals surface area contributed by atoms with Gasteiger partial charge in [0, 0.05) is 11.8 Å². The molecule has 1 amide bonds. The van der Waals surface area contributed by atoms with E-state index in [1.807, 2.05) is 26.8 Å². The van der Waals surface area contributed by atoms with Gasteiger partial charge in [0.1, 0.15) is 17.7 Å². The van der Waals surface area contributed by atoms with Gasteiger partial charge in [-0.15, -0.1) is 0 Å². The molecule has 0 radical (unpaired) electrons. The van der Waals surface area contributed by atoms with E-state index in [9.17, 15) is 13.2 Å². The number of anilines is 1. The van der Waals surface area contributed by atoms with Gasteiger partial charge in [-0.05, 0) is 42.7 Å². The summed E-state index contributed by atoms with van der Waals surface area (Å²) in [4.78, 5) is 21.7. The molecule has 1 aliphatic rings. The lowest BCUT2D eigenvalue weighted by molar-refractivity contribution is -0.118. The van der Waals surface area contributed by atoms with Crippen LogP contribution in [0.5, 0.6) is 0 Å². The minimum atomic E-state index is -3.65. The molecule has 142 valence electrons. The molecule has 2 N–H and O–H groups in total. The Bertz CT molecular complexity index is 1000. The van der Waals surface area contributed by atoms with Crippen molar-refractivity contribution >= 4 is 27.6 Å². The highest BCUT2D eigenvalue weighted by molar-refractivity contribution is 7.90. The van der Waals surface area contributed by atoms with Crippen molar-refractivity contribution < 1.29 is 13.2 Å². The molecule has 7 nitrogen and oxygen atoms in total. The summed E-state index contributed by atoms with van der Waals surface area (Å²) in [6.45, 7) is 5.78. The van der Waals surface area contributed by atoms with Crippen molar-refractivity contribution in [3.63, 3.8) is 0 Å². The van der Waals surface area contributed by atoms with Gasteiger partial charge in [-0.25, -0.2) is 13.4 Å². The molecule has 2 atom stereocenters. The third-order valence-corrected chi connectivity index (χ3v) is 5.95. The van der Waals surface area contributed by atoms with Crippen molar-refractivity contribution in [1.82, 2.24) is 9.71 Å². The summed E-state index contributed by atoms with van der Waals surface area (Å²) >= 11 is 0. The van der Waals surface area contributed by atoms with Crippen LogP contribution in [0.25, 0.3) is 0 Å². The smallest absolute Gasteiger partial charge is 0.263 e. The second-order valence-electron chi connectivity index (χ2n) is 6.62. The van der Waals surface area contributed by atoms with E-state index in [0.29, 0.717) is 17.8 Å². The Hall–Kier alpha value is -2.74. The minimum Gasteiger partial charge on any atom is -0.309 e. The maximum Gasteiger partial charge on any atom is 0.263 e. The fourth-order valence-electron chi connectivity index (χ4n) is 2.84. The van der Waals surface area contributed by atoms with Crippen molar-refractivity contribution in [2.75, 3.05) is 5.32 Å². The number of aliphatic imine (C=N–C) groups is 1. The van der Waals surface area contributed by atoms with Crippen LogP contribution in [0.4, 0.5) is 5.82 Å². The highest BCUT2D eigenvalue weighted by Gasteiger charge is 2.33. The van der Waals surface area contributed by atoms with Crippen molar-refractivity contribution in [2.45, 2.75) is 38.1 Å². The van der Waals surface area contributed by atoms with Gasteiger partial charge in [-0.3, -0.25) is 14.5 Å². The number of fused-ring (bicyclic) bond motifs is 1. The quantitative estimate of drug-likeness (QED) is 0.824. The van der Waals surface area contributed by atoms with Crippen molar-refractivity contribution in [3.8, 4) is 0 Å². The van der Waals surface area contributed by atoms with E-state index in [1.54, 1.807) is 30.5 Å². The topological polar surface area (TPSA) is 101 Å². The fourth-order valence-corrected chi connectivity index (χ4v) is 4.08. The molecule has 1 aromatic heterocycles. The summed E-state index contributed by atoms with van der Waals surface area (Å²) in [7, 11) is -3.65. The number of aromatic nitrogens is 1. The summed E-state index contributed by atoms with van der Waals surface area (Å²) in [5, 5.41) is 2.78. The van der Waals surface area contributed by atoms with Crippen LogP contribution in [-0.2, 0) is 14.8 Å². The van der Waals surface area contributed by atoms with Gasteiger partial charge in [0.25, 0.3) is 15.9 Å². The number of amidine groups is 1. The van der Waals surface area contributed by atoms with Gasteiger partial charge in [-0.2, -0.15) is 0 Å². The van der Waals surface area contributed by atoms with Gasteiger partial charge >= 0.3 is 0 Å². The molecule has 2 aromatic rings. The molecule has 0 bridgehead atoms. The summed E-state index contributed by atoms with van der Waals surface area (Å²) in [5.74, 6) is 0.238. The van der Waals surface area contributed by atoms with Gasteiger partial charge in [-0.1, -0.05) is 32.4 Å².